The fourth-order valence-electron chi connectivity index (χ4n) is 1.81. The second kappa shape index (κ2) is 6.85. The zero-order valence-electron chi connectivity index (χ0n) is 11.3. The van der Waals surface area contributed by atoms with Crippen LogP contribution in [0.4, 0.5) is 0 Å². The fraction of sp³-hybridized carbons (Fsp3) is 0.538. The van der Waals surface area contributed by atoms with Crippen LogP contribution in [0.3, 0.4) is 0 Å². The number of carbonyl (C=O) groups is 1. The highest BCUT2D eigenvalue weighted by Crippen LogP contribution is 2.08. The van der Waals surface area contributed by atoms with Crippen LogP contribution in [0, 0.1) is 5.92 Å². The predicted octanol–water partition coefficient (Wildman–Crippen LogP) is 2.16. The van der Waals surface area contributed by atoms with Crippen LogP contribution < -0.4 is 5.32 Å². The SMILES string of the molecule is CC(C)C(CNC(=O)c1ccc(Br)cn1)N(C)C. The van der Waals surface area contributed by atoms with Crippen LogP contribution in [0.5, 0.6) is 0 Å². The van der Waals surface area contributed by atoms with Gasteiger partial charge in [-0.25, -0.2) is 4.98 Å². The van der Waals surface area contributed by atoms with E-state index in [1.54, 1.807) is 12.3 Å². The summed E-state index contributed by atoms with van der Waals surface area (Å²) in [5.41, 5.74) is 0.444. The van der Waals surface area contributed by atoms with Crippen molar-refractivity contribution in [1.82, 2.24) is 15.2 Å². The molecule has 1 amide bonds. The molecule has 1 unspecified atom stereocenters. The second-order valence-corrected chi connectivity index (χ2v) is 5.76. The van der Waals surface area contributed by atoms with E-state index in [1.807, 2.05) is 20.2 Å². The number of hydrogen-bond donors (Lipinski definition) is 1. The quantitative estimate of drug-likeness (QED) is 0.906. The molecule has 1 heterocycles. The molecule has 0 spiro atoms. The Hall–Kier alpha value is -0.940. The molecule has 0 aliphatic rings. The number of aromatic nitrogens is 1. The number of carbonyl (C=O) groups excluding carboxylic acids is 1. The van der Waals surface area contributed by atoms with Gasteiger partial charge in [0.2, 0.25) is 0 Å². The van der Waals surface area contributed by atoms with Gasteiger partial charge in [-0.15, -0.1) is 0 Å². The highest BCUT2D eigenvalue weighted by Gasteiger charge is 2.17. The van der Waals surface area contributed by atoms with Gasteiger partial charge in [-0.3, -0.25) is 4.79 Å². The monoisotopic (exact) mass is 313 g/mol. The van der Waals surface area contributed by atoms with Crippen molar-refractivity contribution in [2.45, 2.75) is 19.9 Å². The summed E-state index contributed by atoms with van der Waals surface area (Å²) in [5, 5.41) is 2.92. The minimum absolute atomic E-state index is 0.130. The van der Waals surface area contributed by atoms with Gasteiger partial charge >= 0.3 is 0 Å². The molecule has 5 heteroatoms. The van der Waals surface area contributed by atoms with Crippen LogP contribution in [0.25, 0.3) is 0 Å². The maximum Gasteiger partial charge on any atom is 0.269 e. The number of halogens is 1. The molecule has 100 valence electrons. The molecule has 1 aromatic rings. The molecule has 1 atom stereocenters. The van der Waals surface area contributed by atoms with Crippen molar-refractivity contribution in [2.24, 2.45) is 5.92 Å². The Morgan fingerprint density at radius 1 is 1.44 bits per heavy atom. The van der Waals surface area contributed by atoms with E-state index in [-0.39, 0.29) is 5.91 Å². The van der Waals surface area contributed by atoms with Crippen LogP contribution in [-0.4, -0.2) is 42.5 Å². The zero-order valence-corrected chi connectivity index (χ0v) is 12.9. The first-order valence-electron chi connectivity index (χ1n) is 5.98. The van der Waals surface area contributed by atoms with Gasteiger partial charge in [0.05, 0.1) is 0 Å². The molecule has 0 fully saturated rings. The summed E-state index contributed by atoms with van der Waals surface area (Å²) in [7, 11) is 4.05. The van der Waals surface area contributed by atoms with E-state index in [0.29, 0.717) is 24.2 Å². The highest BCUT2D eigenvalue weighted by molar-refractivity contribution is 9.10. The normalized spacial score (nSPS) is 12.8. The Balaban J connectivity index is 2.57. The lowest BCUT2D eigenvalue weighted by Crippen LogP contribution is -2.43. The van der Waals surface area contributed by atoms with Crippen LogP contribution >= 0.6 is 15.9 Å². The van der Waals surface area contributed by atoms with Gasteiger partial charge in [-0.1, -0.05) is 13.8 Å². The molecule has 0 aliphatic heterocycles. The van der Waals surface area contributed by atoms with Gasteiger partial charge in [0, 0.05) is 23.3 Å². The zero-order chi connectivity index (χ0) is 13.7. The van der Waals surface area contributed by atoms with Gasteiger partial charge in [0.1, 0.15) is 5.69 Å². The van der Waals surface area contributed by atoms with E-state index < -0.39 is 0 Å². The molecule has 4 nitrogen and oxygen atoms in total. The molecule has 0 bridgehead atoms. The van der Waals surface area contributed by atoms with E-state index in [2.05, 4.69) is 45.0 Å². The highest BCUT2D eigenvalue weighted by atomic mass is 79.9. The van der Waals surface area contributed by atoms with Gasteiger partial charge in [-0.2, -0.15) is 0 Å². The van der Waals surface area contributed by atoms with Crippen molar-refractivity contribution in [3.63, 3.8) is 0 Å². The van der Waals surface area contributed by atoms with Crippen molar-refractivity contribution in [3.8, 4) is 0 Å². The molecule has 1 rings (SSSR count). The molecule has 0 aromatic carbocycles. The lowest BCUT2D eigenvalue weighted by molar-refractivity contribution is 0.0929. The van der Waals surface area contributed by atoms with Crippen molar-refractivity contribution in [1.29, 1.82) is 0 Å². The average molecular weight is 314 g/mol. The van der Waals surface area contributed by atoms with E-state index >= 15 is 0 Å². The second-order valence-electron chi connectivity index (χ2n) is 4.85. The smallest absolute Gasteiger partial charge is 0.269 e. The maximum absolute atomic E-state index is 11.9. The van der Waals surface area contributed by atoms with Gasteiger partial charge < -0.3 is 10.2 Å². The molecule has 0 aliphatic carbocycles. The lowest BCUT2D eigenvalue weighted by Gasteiger charge is -2.27. The fourth-order valence-corrected chi connectivity index (χ4v) is 2.05. The molecular weight excluding hydrogens is 294 g/mol. The molecule has 0 saturated carbocycles. The van der Waals surface area contributed by atoms with Gasteiger partial charge in [0.15, 0.2) is 0 Å². The van der Waals surface area contributed by atoms with E-state index in [0.717, 1.165) is 4.47 Å². The first-order valence-corrected chi connectivity index (χ1v) is 6.77. The minimum Gasteiger partial charge on any atom is -0.349 e. The first-order chi connectivity index (χ1) is 8.41. The Kier molecular flexibility index (Phi) is 5.75. The summed E-state index contributed by atoms with van der Waals surface area (Å²) >= 11 is 3.29. The lowest BCUT2D eigenvalue weighted by atomic mass is 10.0. The van der Waals surface area contributed by atoms with Crippen molar-refractivity contribution in [3.05, 3.63) is 28.5 Å². The third-order valence-electron chi connectivity index (χ3n) is 2.86. The Morgan fingerprint density at radius 3 is 2.56 bits per heavy atom. The van der Waals surface area contributed by atoms with Crippen LogP contribution in [-0.2, 0) is 0 Å². The number of likely N-dealkylation sites (N-methyl/N-ethyl adjacent to an activating group) is 1. The Labute approximate surface area is 117 Å². The van der Waals surface area contributed by atoms with E-state index in [9.17, 15) is 4.79 Å². The molecule has 18 heavy (non-hydrogen) atoms. The molecule has 1 N–H and O–H groups in total. The number of amides is 1. The minimum atomic E-state index is -0.130. The summed E-state index contributed by atoms with van der Waals surface area (Å²) < 4.78 is 0.868. The van der Waals surface area contributed by atoms with Gasteiger partial charge in [-0.05, 0) is 48.1 Å². The molecule has 1 aromatic heterocycles. The Morgan fingerprint density at radius 2 is 2.11 bits per heavy atom. The third-order valence-corrected chi connectivity index (χ3v) is 3.33. The number of rotatable bonds is 5. The topological polar surface area (TPSA) is 45.2 Å². The first kappa shape index (κ1) is 15.1. The summed E-state index contributed by atoms with van der Waals surface area (Å²) in [4.78, 5) is 18.1. The summed E-state index contributed by atoms with van der Waals surface area (Å²) in [5.74, 6) is 0.355. The van der Waals surface area contributed by atoms with Crippen molar-refractivity contribution in [2.75, 3.05) is 20.6 Å². The van der Waals surface area contributed by atoms with Gasteiger partial charge in [0.25, 0.3) is 5.91 Å². The largest absolute Gasteiger partial charge is 0.349 e. The number of nitrogens with zero attached hydrogens (tertiary/aromatic N) is 2. The predicted molar refractivity (Wildman–Crippen MR) is 76.6 cm³/mol. The Bertz CT molecular complexity index is 382. The number of nitrogens with one attached hydrogen (secondary N) is 1. The van der Waals surface area contributed by atoms with Crippen LogP contribution in [0.1, 0.15) is 24.3 Å². The summed E-state index contributed by atoms with van der Waals surface area (Å²) in [6.07, 6.45) is 1.63. The summed E-state index contributed by atoms with van der Waals surface area (Å²) in [6, 6.07) is 3.84. The van der Waals surface area contributed by atoms with E-state index in [1.165, 1.54) is 0 Å². The standard InChI is InChI=1S/C13H20BrN3O/c1-9(2)12(17(3)4)8-16-13(18)11-6-5-10(14)7-15-11/h5-7,9,12H,8H2,1-4H3,(H,16,18). The molecule has 0 radical (unpaired) electrons. The van der Waals surface area contributed by atoms with Crippen molar-refractivity contribution >= 4 is 21.8 Å². The number of hydrogen-bond acceptors (Lipinski definition) is 3. The average Bonchev–Trinajstić information content (AvgIpc) is 2.28. The molecule has 0 saturated heterocycles. The third kappa shape index (κ3) is 4.38. The van der Waals surface area contributed by atoms with Crippen LogP contribution in [0.15, 0.2) is 22.8 Å². The van der Waals surface area contributed by atoms with Crippen LogP contribution in [0.2, 0.25) is 0 Å². The summed E-state index contributed by atoms with van der Waals surface area (Å²) in [6.45, 7) is 4.92. The van der Waals surface area contributed by atoms with E-state index in [4.69, 9.17) is 0 Å². The van der Waals surface area contributed by atoms with Crippen molar-refractivity contribution < 1.29 is 4.79 Å². The number of pyridine rings is 1. The molecular formula is C13H20BrN3O. The maximum atomic E-state index is 11.9.